The molecule has 0 unspecified atom stereocenters. The van der Waals surface area contributed by atoms with Gasteiger partial charge < -0.3 is 9.47 Å². The zero-order valence-electron chi connectivity index (χ0n) is 13.4. The Balaban J connectivity index is 1.81. The van der Waals surface area contributed by atoms with Crippen LogP contribution in [0.25, 0.3) is 6.08 Å². The fourth-order valence-electron chi connectivity index (χ4n) is 2.67. The molecule has 4 nitrogen and oxygen atoms in total. The van der Waals surface area contributed by atoms with Gasteiger partial charge in [-0.1, -0.05) is 45.8 Å². The quantitative estimate of drug-likeness (QED) is 0.397. The number of hydrogen-bond acceptors (Lipinski definition) is 5. The van der Waals surface area contributed by atoms with Crippen molar-refractivity contribution in [3.05, 3.63) is 33.1 Å². The van der Waals surface area contributed by atoms with E-state index < -0.39 is 0 Å². The number of thiocarbonyl (C=S) groups is 1. The highest BCUT2D eigenvalue weighted by Crippen LogP contribution is 2.35. The van der Waals surface area contributed by atoms with Gasteiger partial charge in [-0.2, -0.15) is 0 Å². The molecule has 3 rings (SSSR count). The summed E-state index contributed by atoms with van der Waals surface area (Å²) >= 11 is 10.1. The average Bonchev–Trinajstić information content (AvgIpc) is 3.19. The van der Waals surface area contributed by atoms with Gasteiger partial charge in [-0.05, 0) is 37.1 Å². The van der Waals surface area contributed by atoms with Crippen LogP contribution in [0.1, 0.15) is 18.4 Å². The Labute approximate surface area is 165 Å². The Bertz CT molecular complexity index is 766. The SMILES string of the molecule is C#CCOc1ccc(Br)cc1/C=C1\SC(=S)N(C[C@H]2CCCO2)C1=O. The molecule has 1 atom stereocenters. The van der Waals surface area contributed by atoms with Crippen molar-refractivity contribution in [3.63, 3.8) is 0 Å². The van der Waals surface area contributed by atoms with Crippen LogP contribution in [0, 0.1) is 12.3 Å². The number of benzene rings is 1. The first-order valence-corrected chi connectivity index (χ1v) is 9.83. The summed E-state index contributed by atoms with van der Waals surface area (Å²) in [4.78, 5) is 14.9. The van der Waals surface area contributed by atoms with Gasteiger partial charge in [-0.25, -0.2) is 0 Å². The van der Waals surface area contributed by atoms with Gasteiger partial charge >= 0.3 is 0 Å². The van der Waals surface area contributed by atoms with E-state index in [0.717, 1.165) is 29.5 Å². The van der Waals surface area contributed by atoms with Crippen molar-refractivity contribution in [2.75, 3.05) is 19.8 Å². The van der Waals surface area contributed by atoms with Gasteiger partial charge in [0.25, 0.3) is 5.91 Å². The molecule has 2 heterocycles. The lowest BCUT2D eigenvalue weighted by Crippen LogP contribution is -2.35. The van der Waals surface area contributed by atoms with Gasteiger partial charge in [0.1, 0.15) is 16.7 Å². The number of halogens is 1. The molecule has 2 aliphatic heterocycles. The van der Waals surface area contributed by atoms with Crippen LogP contribution in [0.5, 0.6) is 5.75 Å². The monoisotopic (exact) mass is 437 g/mol. The Hall–Kier alpha value is -1.33. The van der Waals surface area contributed by atoms with Crippen molar-refractivity contribution in [2.24, 2.45) is 0 Å². The van der Waals surface area contributed by atoms with Crippen LogP contribution in [0.15, 0.2) is 27.6 Å². The normalized spacial score (nSPS) is 21.8. The van der Waals surface area contributed by atoms with Crippen LogP contribution in [-0.4, -0.2) is 41.0 Å². The Morgan fingerprint density at radius 3 is 3.12 bits per heavy atom. The number of ether oxygens (including phenoxy) is 2. The van der Waals surface area contributed by atoms with E-state index in [9.17, 15) is 4.79 Å². The molecule has 0 saturated carbocycles. The van der Waals surface area contributed by atoms with Crippen LogP contribution >= 0.6 is 39.9 Å². The molecule has 0 radical (unpaired) electrons. The minimum absolute atomic E-state index is 0.0715. The second-order valence-electron chi connectivity index (χ2n) is 5.60. The molecule has 2 aliphatic rings. The lowest BCUT2D eigenvalue weighted by atomic mass is 10.2. The van der Waals surface area contributed by atoms with Crippen molar-refractivity contribution in [2.45, 2.75) is 18.9 Å². The minimum atomic E-state index is -0.0895. The van der Waals surface area contributed by atoms with Crippen molar-refractivity contribution in [3.8, 4) is 18.1 Å². The number of rotatable bonds is 5. The summed E-state index contributed by atoms with van der Waals surface area (Å²) in [5.74, 6) is 2.99. The topological polar surface area (TPSA) is 38.8 Å². The Kier molecular flexibility index (Phi) is 6.18. The van der Waals surface area contributed by atoms with E-state index in [-0.39, 0.29) is 18.6 Å². The maximum Gasteiger partial charge on any atom is 0.266 e. The molecular weight excluding hydrogens is 422 g/mol. The molecule has 25 heavy (non-hydrogen) atoms. The fraction of sp³-hybridized carbons (Fsp3) is 0.333. The Morgan fingerprint density at radius 2 is 2.40 bits per heavy atom. The van der Waals surface area contributed by atoms with Crippen molar-refractivity contribution in [1.29, 1.82) is 0 Å². The molecule has 1 aromatic carbocycles. The van der Waals surface area contributed by atoms with E-state index in [2.05, 4.69) is 21.9 Å². The molecule has 0 aliphatic carbocycles. The number of carbonyl (C=O) groups is 1. The first-order valence-electron chi connectivity index (χ1n) is 7.81. The molecule has 130 valence electrons. The molecule has 2 saturated heterocycles. The van der Waals surface area contributed by atoms with Gasteiger partial charge in [0, 0.05) is 16.6 Å². The minimum Gasteiger partial charge on any atom is -0.480 e. The number of thioether (sulfide) groups is 1. The summed E-state index contributed by atoms with van der Waals surface area (Å²) < 4.78 is 12.6. The van der Waals surface area contributed by atoms with E-state index in [0.29, 0.717) is 21.5 Å². The Morgan fingerprint density at radius 1 is 1.56 bits per heavy atom. The number of hydrogen-bond donors (Lipinski definition) is 0. The lowest BCUT2D eigenvalue weighted by Gasteiger charge is -2.18. The van der Waals surface area contributed by atoms with Crippen molar-refractivity contribution < 1.29 is 14.3 Å². The van der Waals surface area contributed by atoms with Crippen LogP contribution in [-0.2, 0) is 9.53 Å². The van der Waals surface area contributed by atoms with Gasteiger partial charge in [-0.15, -0.1) is 6.42 Å². The van der Waals surface area contributed by atoms with E-state index in [4.69, 9.17) is 28.1 Å². The molecule has 7 heteroatoms. The van der Waals surface area contributed by atoms with Crippen molar-refractivity contribution in [1.82, 2.24) is 4.90 Å². The summed E-state index contributed by atoms with van der Waals surface area (Å²) in [7, 11) is 0. The maximum absolute atomic E-state index is 12.7. The molecule has 2 fully saturated rings. The summed E-state index contributed by atoms with van der Waals surface area (Å²) in [6.07, 6.45) is 9.13. The van der Waals surface area contributed by atoms with E-state index in [1.54, 1.807) is 11.0 Å². The third kappa shape index (κ3) is 4.45. The molecule has 0 N–H and O–H groups in total. The van der Waals surface area contributed by atoms with Crippen molar-refractivity contribution >= 4 is 56.2 Å². The predicted molar refractivity (Wildman–Crippen MR) is 107 cm³/mol. The summed E-state index contributed by atoms with van der Waals surface area (Å²) in [6, 6.07) is 5.57. The first kappa shape index (κ1) is 18.5. The predicted octanol–water partition coefficient (Wildman–Crippen LogP) is 3.84. The van der Waals surface area contributed by atoms with Crippen LogP contribution < -0.4 is 4.74 Å². The number of carbonyl (C=O) groups excluding carboxylic acids is 1. The number of terminal acetylenes is 1. The second-order valence-corrected chi connectivity index (χ2v) is 8.19. The molecule has 0 bridgehead atoms. The van der Waals surface area contributed by atoms with E-state index in [1.165, 1.54) is 11.8 Å². The largest absolute Gasteiger partial charge is 0.480 e. The molecule has 0 spiro atoms. The first-order chi connectivity index (χ1) is 12.1. The van der Waals surface area contributed by atoms with Gasteiger partial charge in [-0.3, -0.25) is 9.69 Å². The van der Waals surface area contributed by atoms with Gasteiger partial charge in [0.05, 0.1) is 17.6 Å². The van der Waals surface area contributed by atoms with Crippen LogP contribution in [0.4, 0.5) is 0 Å². The number of nitrogens with zero attached hydrogens (tertiary/aromatic N) is 1. The third-order valence-corrected chi connectivity index (χ3v) is 5.72. The fourth-order valence-corrected chi connectivity index (χ4v) is 4.32. The van der Waals surface area contributed by atoms with Crippen LogP contribution in [0.2, 0.25) is 0 Å². The van der Waals surface area contributed by atoms with Gasteiger partial charge in [0.15, 0.2) is 0 Å². The average molecular weight is 438 g/mol. The smallest absolute Gasteiger partial charge is 0.266 e. The maximum atomic E-state index is 12.7. The zero-order valence-corrected chi connectivity index (χ0v) is 16.6. The lowest BCUT2D eigenvalue weighted by molar-refractivity contribution is -0.123. The second kappa shape index (κ2) is 8.37. The standard InChI is InChI=1S/C18H16BrNO3S2/c1-2-7-23-15-6-5-13(19)9-12(15)10-16-17(21)20(18(24)25-16)11-14-4-3-8-22-14/h1,5-6,9-10,14H,3-4,7-8,11H2/b16-10-/t14-/m1/s1. The molecular formula is C18H16BrNO3S2. The number of amides is 1. The molecule has 1 aromatic rings. The summed E-state index contributed by atoms with van der Waals surface area (Å²) in [6.45, 7) is 1.44. The summed E-state index contributed by atoms with van der Waals surface area (Å²) in [5, 5.41) is 0. The molecule has 0 aromatic heterocycles. The van der Waals surface area contributed by atoms with E-state index in [1.807, 2.05) is 18.2 Å². The highest BCUT2D eigenvalue weighted by Gasteiger charge is 2.34. The highest BCUT2D eigenvalue weighted by molar-refractivity contribution is 9.10. The van der Waals surface area contributed by atoms with Crippen LogP contribution in [0.3, 0.4) is 0 Å². The summed E-state index contributed by atoms with van der Waals surface area (Å²) in [5.41, 5.74) is 0.780. The third-order valence-electron chi connectivity index (χ3n) is 3.85. The highest BCUT2D eigenvalue weighted by atomic mass is 79.9. The molecule has 1 amide bonds. The van der Waals surface area contributed by atoms with E-state index >= 15 is 0 Å². The zero-order chi connectivity index (χ0) is 17.8. The van der Waals surface area contributed by atoms with Gasteiger partial charge in [0.2, 0.25) is 0 Å².